The van der Waals surface area contributed by atoms with Gasteiger partial charge in [0.1, 0.15) is 23.1 Å². The fourth-order valence-corrected chi connectivity index (χ4v) is 3.24. The number of aromatic nitrogens is 2. The lowest BCUT2D eigenvalue weighted by molar-refractivity contribution is 0.342. The predicted octanol–water partition coefficient (Wildman–Crippen LogP) is 0.319. The Morgan fingerprint density at radius 3 is 2.22 bits per heavy atom. The van der Waals surface area contributed by atoms with E-state index in [1.165, 1.54) is 32.9 Å². The molecule has 3 rings (SSSR count). The quantitative estimate of drug-likeness (QED) is 0.825. The third-order valence-electron chi connectivity index (χ3n) is 4.57. The number of nitriles is 1. The highest BCUT2D eigenvalue weighted by Gasteiger charge is 2.39. The van der Waals surface area contributed by atoms with Gasteiger partial charge in [-0.15, -0.1) is 0 Å². The Labute approximate surface area is 154 Å². The first-order chi connectivity index (χ1) is 12.9. The van der Waals surface area contributed by atoms with Crippen LogP contribution in [0.1, 0.15) is 17.0 Å². The van der Waals surface area contributed by atoms with Crippen LogP contribution in [0.5, 0.6) is 17.4 Å². The summed E-state index contributed by atoms with van der Waals surface area (Å²) in [6.45, 7) is 0. The van der Waals surface area contributed by atoms with E-state index in [2.05, 4.69) is 0 Å². The Kier molecular flexibility index (Phi) is 4.41. The Morgan fingerprint density at radius 1 is 1.11 bits per heavy atom. The first kappa shape index (κ1) is 18.1. The molecule has 2 N–H and O–H groups in total. The summed E-state index contributed by atoms with van der Waals surface area (Å²) in [4.78, 5) is 25.2. The second-order valence-corrected chi connectivity index (χ2v) is 5.93. The van der Waals surface area contributed by atoms with Crippen LogP contribution in [0.2, 0.25) is 0 Å². The van der Waals surface area contributed by atoms with E-state index in [1.807, 2.05) is 6.07 Å². The van der Waals surface area contributed by atoms with Crippen molar-refractivity contribution in [2.24, 2.45) is 19.8 Å². The van der Waals surface area contributed by atoms with Crippen LogP contribution in [0.3, 0.4) is 0 Å². The standard InChI is InChI=1S/C18H18N4O5/c1-21-16(23)14-12(13-10(25-3)6-5-7-11(13)26-4)9(8-19)15(20)27-17(14)22(2)18(21)24/h5-7,12H,20H2,1-4H3. The molecule has 1 aliphatic heterocycles. The molecule has 0 saturated heterocycles. The smallest absolute Gasteiger partial charge is 0.333 e. The zero-order valence-corrected chi connectivity index (χ0v) is 15.3. The molecule has 9 nitrogen and oxygen atoms in total. The van der Waals surface area contributed by atoms with E-state index in [0.717, 1.165) is 4.57 Å². The molecule has 27 heavy (non-hydrogen) atoms. The number of hydrogen-bond acceptors (Lipinski definition) is 7. The molecular weight excluding hydrogens is 352 g/mol. The highest BCUT2D eigenvalue weighted by atomic mass is 16.5. The van der Waals surface area contributed by atoms with Gasteiger partial charge in [-0.1, -0.05) is 6.07 Å². The van der Waals surface area contributed by atoms with Gasteiger partial charge in [-0.3, -0.25) is 13.9 Å². The van der Waals surface area contributed by atoms with Gasteiger partial charge in [0.15, 0.2) is 0 Å². The molecule has 0 saturated carbocycles. The summed E-state index contributed by atoms with van der Waals surface area (Å²) in [7, 11) is 5.75. The zero-order valence-electron chi connectivity index (χ0n) is 15.3. The highest BCUT2D eigenvalue weighted by molar-refractivity contribution is 5.60. The van der Waals surface area contributed by atoms with E-state index in [0.29, 0.717) is 17.1 Å². The van der Waals surface area contributed by atoms with Gasteiger partial charge >= 0.3 is 5.69 Å². The van der Waals surface area contributed by atoms with Crippen molar-refractivity contribution in [3.8, 4) is 23.4 Å². The van der Waals surface area contributed by atoms with Crippen molar-refractivity contribution < 1.29 is 14.2 Å². The number of fused-ring (bicyclic) bond motifs is 1. The van der Waals surface area contributed by atoms with Gasteiger partial charge in [0, 0.05) is 19.7 Å². The predicted molar refractivity (Wildman–Crippen MR) is 95.8 cm³/mol. The Bertz CT molecular complexity index is 1100. The van der Waals surface area contributed by atoms with Gasteiger partial charge in [0.05, 0.1) is 25.7 Å². The van der Waals surface area contributed by atoms with Crippen LogP contribution < -0.4 is 31.2 Å². The summed E-state index contributed by atoms with van der Waals surface area (Å²) >= 11 is 0. The molecule has 1 aromatic carbocycles. The number of allylic oxidation sites excluding steroid dienone is 1. The molecule has 0 spiro atoms. The molecule has 2 aromatic rings. The third-order valence-corrected chi connectivity index (χ3v) is 4.57. The lowest BCUT2D eigenvalue weighted by Crippen LogP contribution is -2.42. The van der Waals surface area contributed by atoms with E-state index >= 15 is 0 Å². The molecular formula is C18H18N4O5. The maximum Gasteiger partial charge on any atom is 0.333 e. The number of methoxy groups -OCH3 is 2. The number of nitrogens with zero attached hydrogens (tertiary/aromatic N) is 3. The number of nitrogens with two attached hydrogens (primary N) is 1. The summed E-state index contributed by atoms with van der Waals surface area (Å²) in [5.74, 6) is -0.313. The molecule has 1 unspecified atom stereocenters. The van der Waals surface area contributed by atoms with Gasteiger partial charge in [-0.25, -0.2) is 4.79 Å². The molecule has 1 atom stereocenters. The summed E-state index contributed by atoms with van der Waals surface area (Å²) in [5.41, 5.74) is 5.37. The van der Waals surface area contributed by atoms with Crippen LogP contribution in [0.25, 0.3) is 0 Å². The van der Waals surface area contributed by atoms with Gasteiger partial charge in [0.2, 0.25) is 11.8 Å². The van der Waals surface area contributed by atoms with E-state index < -0.39 is 17.2 Å². The topological polar surface area (TPSA) is 122 Å². The van der Waals surface area contributed by atoms with Crippen LogP contribution in [0.15, 0.2) is 39.2 Å². The van der Waals surface area contributed by atoms with Crippen LogP contribution in [0.4, 0.5) is 0 Å². The Balaban J connectivity index is 2.51. The van der Waals surface area contributed by atoms with Crippen molar-refractivity contribution in [1.29, 1.82) is 5.26 Å². The maximum absolute atomic E-state index is 13.0. The minimum absolute atomic E-state index is 0.0161. The molecule has 0 bridgehead atoms. The lowest BCUT2D eigenvalue weighted by atomic mass is 9.84. The normalized spacial score (nSPS) is 15.6. The zero-order chi connectivity index (χ0) is 19.9. The van der Waals surface area contributed by atoms with Gasteiger partial charge in [0.25, 0.3) is 5.56 Å². The van der Waals surface area contributed by atoms with Crippen LogP contribution in [-0.4, -0.2) is 23.4 Å². The molecule has 1 aliphatic rings. The first-order valence-corrected chi connectivity index (χ1v) is 7.95. The third kappa shape index (κ3) is 2.54. The molecule has 2 heterocycles. The minimum atomic E-state index is -0.921. The minimum Gasteiger partial charge on any atom is -0.496 e. The second kappa shape index (κ2) is 6.57. The Morgan fingerprint density at radius 2 is 1.70 bits per heavy atom. The van der Waals surface area contributed by atoms with E-state index in [4.69, 9.17) is 19.9 Å². The SMILES string of the molecule is COc1cccc(OC)c1C1C(C#N)=C(N)Oc2c1c(=O)n(C)c(=O)n2C. The molecule has 0 amide bonds. The monoisotopic (exact) mass is 370 g/mol. The van der Waals surface area contributed by atoms with Crippen molar-refractivity contribution in [2.75, 3.05) is 14.2 Å². The van der Waals surface area contributed by atoms with Gasteiger partial charge < -0.3 is 19.9 Å². The lowest BCUT2D eigenvalue weighted by Gasteiger charge is -2.28. The molecule has 0 fully saturated rings. The highest BCUT2D eigenvalue weighted by Crippen LogP contribution is 2.46. The van der Waals surface area contributed by atoms with Crippen molar-refractivity contribution >= 4 is 0 Å². The summed E-state index contributed by atoms with van der Waals surface area (Å²) < 4.78 is 18.5. The van der Waals surface area contributed by atoms with E-state index in [9.17, 15) is 14.9 Å². The molecule has 0 radical (unpaired) electrons. The van der Waals surface area contributed by atoms with E-state index in [-0.39, 0.29) is 22.9 Å². The number of ether oxygens (including phenoxy) is 3. The van der Waals surface area contributed by atoms with Gasteiger partial charge in [-0.05, 0) is 12.1 Å². The number of hydrogen-bond donors (Lipinski definition) is 1. The maximum atomic E-state index is 13.0. The first-order valence-electron chi connectivity index (χ1n) is 7.95. The molecule has 0 aliphatic carbocycles. The van der Waals surface area contributed by atoms with Gasteiger partial charge in [-0.2, -0.15) is 5.26 Å². The second-order valence-electron chi connectivity index (χ2n) is 5.93. The molecule has 9 heteroatoms. The average molecular weight is 370 g/mol. The van der Waals surface area contributed by atoms with E-state index in [1.54, 1.807) is 18.2 Å². The molecule has 1 aromatic heterocycles. The average Bonchev–Trinajstić information content (AvgIpc) is 2.68. The van der Waals surface area contributed by atoms with Crippen molar-refractivity contribution in [3.63, 3.8) is 0 Å². The summed E-state index contributed by atoms with van der Waals surface area (Å²) in [6.07, 6.45) is 0. The largest absolute Gasteiger partial charge is 0.496 e. The number of benzene rings is 1. The van der Waals surface area contributed by atoms with Crippen molar-refractivity contribution in [2.45, 2.75) is 5.92 Å². The number of rotatable bonds is 3. The fraction of sp³-hybridized carbons (Fsp3) is 0.278. The molecule has 140 valence electrons. The summed E-state index contributed by atoms with van der Waals surface area (Å²) in [5, 5.41) is 9.70. The van der Waals surface area contributed by atoms with Crippen LogP contribution >= 0.6 is 0 Å². The Hall–Kier alpha value is -3.67. The van der Waals surface area contributed by atoms with Crippen molar-refractivity contribution in [3.05, 3.63) is 61.6 Å². The van der Waals surface area contributed by atoms with Crippen molar-refractivity contribution in [1.82, 2.24) is 9.13 Å². The summed E-state index contributed by atoms with van der Waals surface area (Å²) in [6, 6.07) is 7.10. The van der Waals surface area contributed by atoms with Crippen LogP contribution in [-0.2, 0) is 14.1 Å². The van der Waals surface area contributed by atoms with Crippen LogP contribution in [0, 0.1) is 11.3 Å². The fourth-order valence-electron chi connectivity index (χ4n) is 3.24.